The molecule has 5 heteroatoms. The summed E-state index contributed by atoms with van der Waals surface area (Å²) in [4.78, 5) is 15.6. The molecule has 0 amide bonds. The number of hydrogen-bond acceptors (Lipinski definition) is 5. The van der Waals surface area contributed by atoms with Gasteiger partial charge in [0.05, 0.1) is 0 Å². The molecule has 0 saturated carbocycles. The SMILES string of the molecule is c1ccc(-c2ccc3sc4c(-c5nc(-c6ccccc6)nc(-c6cccc7oc8c(-c9ccccc9-c9ccccc9)cccc8c67)n5)cccc4c3c2)cc1. The Balaban J connectivity index is 1.12. The molecule has 11 rings (SSSR count). The van der Waals surface area contributed by atoms with Crippen molar-refractivity contribution in [3.63, 3.8) is 0 Å². The predicted molar refractivity (Wildman–Crippen MR) is 233 cm³/mol. The van der Waals surface area contributed by atoms with E-state index in [1.54, 1.807) is 11.3 Å². The Labute approximate surface area is 327 Å². The summed E-state index contributed by atoms with van der Waals surface area (Å²) >= 11 is 1.78. The van der Waals surface area contributed by atoms with E-state index < -0.39 is 0 Å². The molecule has 0 fully saturated rings. The molecule has 4 nitrogen and oxygen atoms in total. The Morgan fingerprint density at radius 2 is 0.929 bits per heavy atom. The minimum Gasteiger partial charge on any atom is -0.455 e. The summed E-state index contributed by atoms with van der Waals surface area (Å²) in [5.74, 6) is 1.86. The molecule has 0 unspecified atom stereocenters. The van der Waals surface area contributed by atoms with Crippen LogP contribution in [-0.4, -0.2) is 15.0 Å². The van der Waals surface area contributed by atoms with Crippen LogP contribution < -0.4 is 0 Å². The highest BCUT2D eigenvalue weighted by atomic mass is 32.1. The first-order chi connectivity index (χ1) is 27.8. The third kappa shape index (κ3) is 5.40. The maximum atomic E-state index is 6.78. The van der Waals surface area contributed by atoms with Gasteiger partial charge in [-0.2, -0.15) is 0 Å². The number of nitrogens with zero attached hydrogens (tertiary/aromatic N) is 3. The predicted octanol–water partition coefficient (Wildman–Crippen LogP) is 14.1. The highest BCUT2D eigenvalue weighted by Gasteiger charge is 2.21. The molecule has 3 aromatic heterocycles. The van der Waals surface area contributed by atoms with Gasteiger partial charge in [-0.15, -0.1) is 11.3 Å². The summed E-state index contributed by atoms with van der Waals surface area (Å²) in [5.41, 5.74) is 11.3. The van der Waals surface area contributed by atoms with Gasteiger partial charge in [0.25, 0.3) is 0 Å². The van der Waals surface area contributed by atoms with Gasteiger partial charge in [0, 0.05) is 53.2 Å². The molecule has 0 atom stereocenters. The Morgan fingerprint density at radius 1 is 0.357 bits per heavy atom. The number of para-hydroxylation sites is 1. The molecule has 0 aliphatic carbocycles. The van der Waals surface area contributed by atoms with Gasteiger partial charge >= 0.3 is 0 Å². The molecule has 11 aromatic rings. The molecule has 0 radical (unpaired) electrons. The number of hydrogen-bond donors (Lipinski definition) is 0. The average molecular weight is 734 g/mol. The molecular formula is C51H31N3OS. The third-order valence-corrected chi connectivity index (χ3v) is 11.8. The first-order valence-corrected chi connectivity index (χ1v) is 19.5. The standard InChI is InChI=1S/C51H31N3OS/c1-4-15-32(16-5-1)35-29-30-45-43(31-35)39-24-13-27-42(48(39)56-45)51-53-49(34-19-8-3-9-20-34)52-50(54-51)41-26-14-28-44-46(41)40-25-12-23-38(47(40)55-44)37-22-11-10-21-36(37)33-17-6-2-7-18-33/h1-31H. The van der Waals surface area contributed by atoms with Crippen molar-refractivity contribution in [1.29, 1.82) is 0 Å². The Hall–Kier alpha value is -7.21. The fourth-order valence-corrected chi connectivity index (χ4v) is 9.14. The van der Waals surface area contributed by atoms with E-state index in [9.17, 15) is 0 Å². The van der Waals surface area contributed by atoms with Crippen molar-refractivity contribution in [2.45, 2.75) is 0 Å². The van der Waals surface area contributed by atoms with Crippen LogP contribution in [0.25, 0.3) is 110 Å². The van der Waals surface area contributed by atoms with Crippen molar-refractivity contribution in [2.75, 3.05) is 0 Å². The first kappa shape index (κ1) is 32.2. The Kier molecular flexibility index (Phi) is 7.64. The van der Waals surface area contributed by atoms with Gasteiger partial charge in [-0.05, 0) is 52.1 Å². The van der Waals surface area contributed by atoms with Gasteiger partial charge in [-0.1, -0.05) is 164 Å². The quantitative estimate of drug-likeness (QED) is 0.171. The van der Waals surface area contributed by atoms with Crippen LogP contribution in [0.4, 0.5) is 0 Å². The maximum absolute atomic E-state index is 6.78. The van der Waals surface area contributed by atoms with E-state index in [1.165, 1.54) is 26.6 Å². The second-order valence-electron chi connectivity index (χ2n) is 13.9. The largest absolute Gasteiger partial charge is 0.455 e. The van der Waals surface area contributed by atoms with Crippen molar-refractivity contribution in [3.8, 4) is 67.5 Å². The van der Waals surface area contributed by atoms with E-state index in [1.807, 2.05) is 36.4 Å². The summed E-state index contributed by atoms with van der Waals surface area (Å²) in [6.07, 6.45) is 0. The van der Waals surface area contributed by atoms with Gasteiger partial charge in [0.1, 0.15) is 11.2 Å². The number of fused-ring (bicyclic) bond motifs is 6. The van der Waals surface area contributed by atoms with Gasteiger partial charge in [0.2, 0.25) is 0 Å². The smallest absolute Gasteiger partial charge is 0.165 e. The summed E-state index contributed by atoms with van der Waals surface area (Å²) in [5, 5.41) is 4.41. The summed E-state index contributed by atoms with van der Waals surface area (Å²) < 4.78 is 9.16. The van der Waals surface area contributed by atoms with Crippen LogP contribution in [0.2, 0.25) is 0 Å². The summed E-state index contributed by atoms with van der Waals surface area (Å²) in [6, 6.07) is 65.5. The van der Waals surface area contributed by atoms with Crippen LogP contribution >= 0.6 is 11.3 Å². The van der Waals surface area contributed by atoms with Crippen molar-refractivity contribution >= 4 is 53.4 Å². The topological polar surface area (TPSA) is 51.8 Å². The monoisotopic (exact) mass is 733 g/mol. The van der Waals surface area contributed by atoms with Crippen LogP contribution in [-0.2, 0) is 0 Å². The zero-order valence-electron chi connectivity index (χ0n) is 30.1. The van der Waals surface area contributed by atoms with E-state index in [-0.39, 0.29) is 0 Å². The van der Waals surface area contributed by atoms with Crippen LogP contribution in [0.5, 0.6) is 0 Å². The van der Waals surface area contributed by atoms with Crippen molar-refractivity contribution in [3.05, 3.63) is 188 Å². The molecule has 0 bridgehead atoms. The van der Waals surface area contributed by atoms with Crippen LogP contribution in [0.3, 0.4) is 0 Å². The molecule has 56 heavy (non-hydrogen) atoms. The molecule has 3 heterocycles. The molecule has 262 valence electrons. The molecule has 8 aromatic carbocycles. The second kappa shape index (κ2) is 13.3. The lowest BCUT2D eigenvalue weighted by molar-refractivity contribution is 0.670. The fourth-order valence-electron chi connectivity index (χ4n) is 7.95. The molecular weight excluding hydrogens is 703 g/mol. The van der Waals surface area contributed by atoms with Crippen molar-refractivity contribution < 1.29 is 4.42 Å². The number of thiophene rings is 1. The minimum absolute atomic E-state index is 0.599. The summed E-state index contributed by atoms with van der Waals surface area (Å²) in [7, 11) is 0. The molecule has 0 aliphatic rings. The summed E-state index contributed by atoms with van der Waals surface area (Å²) in [6.45, 7) is 0. The second-order valence-corrected chi connectivity index (χ2v) is 15.0. The maximum Gasteiger partial charge on any atom is 0.165 e. The lowest BCUT2D eigenvalue weighted by Gasteiger charge is -2.11. The molecule has 0 spiro atoms. The zero-order valence-corrected chi connectivity index (χ0v) is 30.9. The minimum atomic E-state index is 0.599. The lowest BCUT2D eigenvalue weighted by atomic mass is 9.93. The van der Waals surface area contributed by atoms with Crippen LogP contribution in [0.1, 0.15) is 0 Å². The normalized spacial score (nSPS) is 11.6. The van der Waals surface area contributed by atoms with E-state index in [0.717, 1.165) is 65.6 Å². The van der Waals surface area contributed by atoms with E-state index >= 15 is 0 Å². The molecule has 0 saturated heterocycles. The lowest BCUT2D eigenvalue weighted by Crippen LogP contribution is -2.00. The van der Waals surface area contributed by atoms with Gasteiger partial charge in [-0.25, -0.2) is 15.0 Å². The Bertz CT molecular complexity index is 3240. The third-order valence-electron chi connectivity index (χ3n) is 10.6. The van der Waals surface area contributed by atoms with Crippen molar-refractivity contribution in [2.24, 2.45) is 0 Å². The molecule has 0 aliphatic heterocycles. The highest BCUT2D eigenvalue weighted by Crippen LogP contribution is 2.44. The van der Waals surface area contributed by atoms with E-state index in [4.69, 9.17) is 19.4 Å². The van der Waals surface area contributed by atoms with E-state index in [2.05, 4.69) is 152 Å². The first-order valence-electron chi connectivity index (χ1n) is 18.7. The highest BCUT2D eigenvalue weighted by molar-refractivity contribution is 7.26. The van der Waals surface area contributed by atoms with Crippen molar-refractivity contribution in [1.82, 2.24) is 15.0 Å². The number of furan rings is 1. The van der Waals surface area contributed by atoms with Gasteiger partial charge in [-0.3, -0.25) is 0 Å². The Morgan fingerprint density at radius 3 is 1.70 bits per heavy atom. The number of aromatic nitrogens is 3. The molecule has 0 N–H and O–H groups in total. The fraction of sp³-hybridized carbons (Fsp3) is 0. The average Bonchev–Trinajstić information content (AvgIpc) is 3.86. The van der Waals surface area contributed by atoms with Crippen LogP contribution in [0.15, 0.2) is 192 Å². The number of benzene rings is 8. The van der Waals surface area contributed by atoms with E-state index in [0.29, 0.717) is 17.5 Å². The zero-order chi connectivity index (χ0) is 37.0. The van der Waals surface area contributed by atoms with Gasteiger partial charge < -0.3 is 4.42 Å². The number of rotatable bonds is 6. The van der Waals surface area contributed by atoms with Crippen LogP contribution in [0, 0.1) is 0 Å². The van der Waals surface area contributed by atoms with Gasteiger partial charge in [0.15, 0.2) is 17.5 Å².